The molecule has 2 aliphatic rings. The van der Waals surface area contributed by atoms with Crippen LogP contribution in [0.5, 0.6) is 0 Å². The third-order valence-electron chi connectivity index (χ3n) is 7.93. The zero-order valence-corrected chi connectivity index (χ0v) is 21.8. The van der Waals surface area contributed by atoms with E-state index >= 15 is 0 Å². The summed E-state index contributed by atoms with van der Waals surface area (Å²) >= 11 is 0. The molecule has 218 valence electrons. The van der Waals surface area contributed by atoms with Crippen LogP contribution in [0.2, 0.25) is 0 Å². The van der Waals surface area contributed by atoms with Gasteiger partial charge in [-0.1, -0.05) is 49.6 Å². The van der Waals surface area contributed by atoms with Gasteiger partial charge in [-0.25, -0.2) is 0 Å². The standard InChI is InChI=1S/C29H32F6N2O3/c30-28(31,32)21-14-20(15-22(16-21)29(33,34)35)26(38)37-12-11-23(17-24(37)13-18-7-3-1-4-8-18)36-25(27(39)40)19-9-5-2-6-10-19/h1,3-4,7-8,14-16,19,23-25,36H,2,5-6,9-13,17H2,(H,39,40)/t23?,24?,25-/m0/s1. The van der Waals surface area contributed by atoms with Gasteiger partial charge in [0, 0.05) is 24.2 Å². The molecular formula is C29H32F6N2O3. The van der Waals surface area contributed by atoms with Crippen molar-refractivity contribution in [3.63, 3.8) is 0 Å². The lowest BCUT2D eigenvalue weighted by molar-refractivity contribution is -0.143. The Balaban J connectivity index is 1.61. The van der Waals surface area contributed by atoms with Crippen molar-refractivity contribution in [2.45, 2.75) is 81.8 Å². The lowest BCUT2D eigenvalue weighted by Gasteiger charge is -2.42. The molecule has 2 aromatic rings. The van der Waals surface area contributed by atoms with Crippen LogP contribution >= 0.6 is 0 Å². The van der Waals surface area contributed by atoms with E-state index in [9.17, 15) is 41.0 Å². The maximum atomic E-state index is 13.5. The number of nitrogens with zero attached hydrogens (tertiary/aromatic N) is 1. The molecule has 2 fully saturated rings. The van der Waals surface area contributed by atoms with Crippen LogP contribution in [0.4, 0.5) is 26.3 Å². The van der Waals surface area contributed by atoms with Gasteiger partial charge in [-0.2, -0.15) is 26.3 Å². The molecule has 2 N–H and O–H groups in total. The first-order valence-corrected chi connectivity index (χ1v) is 13.5. The fourth-order valence-electron chi connectivity index (χ4n) is 5.92. The molecule has 1 saturated carbocycles. The second-order valence-corrected chi connectivity index (χ2v) is 10.7. The summed E-state index contributed by atoms with van der Waals surface area (Å²) in [7, 11) is 0. The molecule has 2 aromatic carbocycles. The molecule has 1 amide bonds. The van der Waals surface area contributed by atoms with Crippen LogP contribution in [0.1, 0.15) is 72.0 Å². The zero-order valence-electron chi connectivity index (χ0n) is 21.8. The molecule has 0 bridgehead atoms. The molecule has 1 heterocycles. The predicted molar refractivity (Wildman–Crippen MR) is 136 cm³/mol. The monoisotopic (exact) mass is 570 g/mol. The molecule has 40 heavy (non-hydrogen) atoms. The largest absolute Gasteiger partial charge is 0.480 e. The second kappa shape index (κ2) is 12.2. The Morgan fingerprint density at radius 3 is 2.05 bits per heavy atom. The van der Waals surface area contributed by atoms with Gasteiger partial charge in [0.1, 0.15) is 6.04 Å². The first-order valence-electron chi connectivity index (χ1n) is 13.5. The van der Waals surface area contributed by atoms with Crippen molar-refractivity contribution in [1.29, 1.82) is 0 Å². The van der Waals surface area contributed by atoms with Gasteiger partial charge < -0.3 is 15.3 Å². The van der Waals surface area contributed by atoms with Gasteiger partial charge in [0.05, 0.1) is 11.1 Å². The summed E-state index contributed by atoms with van der Waals surface area (Å²) in [6, 6.07) is 8.38. The average Bonchev–Trinajstić information content (AvgIpc) is 2.91. The summed E-state index contributed by atoms with van der Waals surface area (Å²) in [6.45, 7) is 0.0581. The first kappa shape index (κ1) is 29.9. The fraction of sp³-hybridized carbons (Fsp3) is 0.517. The lowest BCUT2D eigenvalue weighted by atomic mass is 9.82. The normalized spacial score (nSPS) is 21.7. The highest BCUT2D eigenvalue weighted by molar-refractivity contribution is 5.95. The number of hydrogen-bond donors (Lipinski definition) is 2. The van der Waals surface area contributed by atoms with Crippen molar-refractivity contribution in [3.8, 4) is 0 Å². The molecule has 5 nitrogen and oxygen atoms in total. The van der Waals surface area contributed by atoms with Crippen molar-refractivity contribution in [3.05, 3.63) is 70.8 Å². The predicted octanol–water partition coefficient (Wildman–Crippen LogP) is 6.56. The van der Waals surface area contributed by atoms with Gasteiger partial charge in [0.25, 0.3) is 5.91 Å². The van der Waals surface area contributed by atoms with E-state index in [2.05, 4.69) is 5.32 Å². The Morgan fingerprint density at radius 1 is 0.900 bits per heavy atom. The first-order chi connectivity index (χ1) is 18.8. The Kier molecular flexibility index (Phi) is 9.12. The number of likely N-dealkylation sites (tertiary alicyclic amines) is 1. The molecule has 3 atom stereocenters. The number of rotatable bonds is 7. The molecular weight excluding hydrogens is 538 g/mol. The molecule has 2 unspecified atom stereocenters. The minimum absolute atomic E-state index is 0.00564. The van der Waals surface area contributed by atoms with Crippen molar-refractivity contribution in [2.24, 2.45) is 5.92 Å². The summed E-state index contributed by atoms with van der Waals surface area (Å²) < 4.78 is 80.7. The smallest absolute Gasteiger partial charge is 0.416 e. The number of halogens is 6. The maximum absolute atomic E-state index is 13.5. The Morgan fingerprint density at radius 2 is 1.50 bits per heavy atom. The third kappa shape index (κ3) is 7.35. The van der Waals surface area contributed by atoms with Gasteiger partial charge in [-0.05, 0) is 61.8 Å². The summed E-state index contributed by atoms with van der Waals surface area (Å²) in [4.78, 5) is 27.0. The molecule has 1 aliphatic heterocycles. The summed E-state index contributed by atoms with van der Waals surface area (Å²) in [5.41, 5.74) is -2.93. The number of aliphatic carboxylic acids is 1. The van der Waals surface area contributed by atoms with Crippen LogP contribution in [-0.2, 0) is 23.6 Å². The molecule has 1 aliphatic carbocycles. The summed E-state index contributed by atoms with van der Waals surface area (Å²) in [6.07, 6.45) is -4.62. The number of benzene rings is 2. The third-order valence-corrected chi connectivity index (χ3v) is 7.93. The van der Waals surface area contributed by atoms with E-state index in [4.69, 9.17) is 0 Å². The molecule has 1 saturated heterocycles. The molecule has 0 radical (unpaired) electrons. The number of hydrogen-bond acceptors (Lipinski definition) is 3. The van der Waals surface area contributed by atoms with Crippen LogP contribution in [0, 0.1) is 5.92 Å². The number of carboxylic acid groups (broad SMARTS) is 1. The van der Waals surface area contributed by atoms with Crippen LogP contribution in [-0.4, -0.2) is 46.6 Å². The Bertz CT molecular complexity index is 1150. The minimum atomic E-state index is -5.07. The SMILES string of the molecule is O=C(O)[C@@H](NC1CCN(C(=O)c2cc(C(F)(F)F)cc(C(F)(F)F)c2)C(Cc2ccccc2)C1)C1CCCCC1. The van der Waals surface area contributed by atoms with Gasteiger partial charge in [0.2, 0.25) is 0 Å². The molecule has 4 rings (SSSR count). The van der Waals surface area contributed by atoms with E-state index in [1.165, 1.54) is 4.90 Å². The number of carbonyl (C=O) groups excluding carboxylic acids is 1. The maximum Gasteiger partial charge on any atom is 0.416 e. The fourth-order valence-corrected chi connectivity index (χ4v) is 5.92. The van der Waals surface area contributed by atoms with E-state index in [1.54, 1.807) is 18.2 Å². The minimum Gasteiger partial charge on any atom is -0.480 e. The van der Waals surface area contributed by atoms with Gasteiger partial charge in [-0.3, -0.25) is 9.59 Å². The molecule has 0 aromatic heterocycles. The van der Waals surface area contributed by atoms with Crippen LogP contribution in [0.25, 0.3) is 0 Å². The van der Waals surface area contributed by atoms with E-state index < -0.39 is 53.0 Å². The lowest BCUT2D eigenvalue weighted by Crippen LogP contribution is -2.56. The van der Waals surface area contributed by atoms with Crippen LogP contribution in [0.3, 0.4) is 0 Å². The van der Waals surface area contributed by atoms with Crippen LogP contribution in [0.15, 0.2) is 48.5 Å². The number of piperidine rings is 1. The van der Waals surface area contributed by atoms with E-state index in [-0.39, 0.29) is 24.6 Å². The van der Waals surface area contributed by atoms with E-state index in [1.807, 2.05) is 12.1 Å². The van der Waals surface area contributed by atoms with Crippen molar-refractivity contribution in [1.82, 2.24) is 10.2 Å². The topological polar surface area (TPSA) is 69.6 Å². The molecule has 0 spiro atoms. The van der Waals surface area contributed by atoms with E-state index in [0.29, 0.717) is 31.4 Å². The highest BCUT2D eigenvalue weighted by Gasteiger charge is 2.40. The van der Waals surface area contributed by atoms with Crippen molar-refractivity contribution < 1.29 is 41.0 Å². The zero-order chi connectivity index (χ0) is 29.1. The highest BCUT2D eigenvalue weighted by Crippen LogP contribution is 2.37. The number of carboxylic acids is 1. The van der Waals surface area contributed by atoms with Gasteiger partial charge in [-0.15, -0.1) is 0 Å². The van der Waals surface area contributed by atoms with Gasteiger partial charge in [0.15, 0.2) is 0 Å². The Labute approximate surface area is 228 Å². The number of nitrogens with one attached hydrogen (secondary N) is 1. The van der Waals surface area contributed by atoms with E-state index in [0.717, 1.165) is 37.7 Å². The van der Waals surface area contributed by atoms with Crippen molar-refractivity contribution >= 4 is 11.9 Å². The Hall–Kier alpha value is -3.08. The van der Waals surface area contributed by atoms with Crippen LogP contribution < -0.4 is 5.32 Å². The number of carbonyl (C=O) groups is 2. The van der Waals surface area contributed by atoms with Gasteiger partial charge >= 0.3 is 18.3 Å². The quantitative estimate of drug-likeness (QED) is 0.370. The summed E-state index contributed by atoms with van der Waals surface area (Å²) in [5.74, 6) is -1.89. The second-order valence-electron chi connectivity index (χ2n) is 10.7. The highest BCUT2D eigenvalue weighted by atomic mass is 19.4. The average molecular weight is 571 g/mol. The number of alkyl halides is 6. The summed E-state index contributed by atoms with van der Waals surface area (Å²) in [5, 5.41) is 13.2. The van der Waals surface area contributed by atoms with Crippen molar-refractivity contribution in [2.75, 3.05) is 6.54 Å². The molecule has 11 heteroatoms. The number of amides is 1.